The maximum absolute atomic E-state index is 14.4. The van der Waals surface area contributed by atoms with E-state index in [4.69, 9.17) is 4.74 Å². The molecule has 0 saturated carbocycles. The van der Waals surface area contributed by atoms with Crippen molar-refractivity contribution < 1.29 is 23.9 Å². The van der Waals surface area contributed by atoms with Crippen LogP contribution in [-0.4, -0.2) is 63.7 Å². The summed E-state index contributed by atoms with van der Waals surface area (Å²) in [6, 6.07) is 22.6. The number of rotatable bonds is 13. The highest BCUT2D eigenvalue weighted by Crippen LogP contribution is 2.36. The first-order valence-corrected chi connectivity index (χ1v) is 14.8. The molecule has 0 aliphatic carbocycles. The van der Waals surface area contributed by atoms with Crippen LogP contribution in [0.15, 0.2) is 78.9 Å². The van der Waals surface area contributed by atoms with E-state index < -0.39 is 29.9 Å². The first-order chi connectivity index (χ1) is 22.2. The first-order valence-electron chi connectivity index (χ1n) is 14.8. The van der Waals surface area contributed by atoms with Gasteiger partial charge in [0.15, 0.2) is 0 Å². The quantitative estimate of drug-likeness (QED) is 0.209. The van der Waals surface area contributed by atoms with Crippen LogP contribution in [-0.2, 0) is 16.1 Å². The minimum atomic E-state index is -1.09. The lowest BCUT2D eigenvalue weighted by atomic mass is 10.0. The van der Waals surface area contributed by atoms with Crippen molar-refractivity contribution in [3.05, 3.63) is 101 Å². The van der Waals surface area contributed by atoms with Crippen LogP contribution in [0.2, 0.25) is 0 Å². The van der Waals surface area contributed by atoms with Crippen molar-refractivity contribution in [2.24, 2.45) is 0 Å². The summed E-state index contributed by atoms with van der Waals surface area (Å²) < 4.78 is 5.73. The fourth-order valence-corrected chi connectivity index (χ4v) is 5.31. The lowest BCUT2D eigenvalue weighted by Gasteiger charge is -2.36. The normalized spacial score (nSPS) is 12.7. The highest BCUT2D eigenvalue weighted by molar-refractivity contribution is 6.09. The van der Waals surface area contributed by atoms with Crippen LogP contribution >= 0.6 is 0 Å². The number of nitrogens with one attached hydrogen (secondary N) is 2. The number of hydrogen-bond donors (Lipinski definition) is 2. The Morgan fingerprint density at radius 1 is 0.978 bits per heavy atom. The molecule has 0 spiro atoms. The average Bonchev–Trinajstić information content (AvgIpc) is 3.09. The van der Waals surface area contributed by atoms with Gasteiger partial charge in [0.25, 0.3) is 5.91 Å². The van der Waals surface area contributed by atoms with Crippen molar-refractivity contribution >= 4 is 46.5 Å². The molecule has 0 aromatic heterocycles. The molecule has 0 heterocycles. The molecular formula is C36H37N5O5. The average molecular weight is 620 g/mol. The topological polar surface area (TPSA) is 132 Å². The van der Waals surface area contributed by atoms with Crippen molar-refractivity contribution in [3.8, 4) is 11.8 Å². The molecule has 4 aromatic rings. The van der Waals surface area contributed by atoms with Crippen molar-refractivity contribution in [2.75, 3.05) is 31.0 Å². The number of methoxy groups -OCH3 is 1. The molecule has 1 unspecified atom stereocenters. The fraction of sp³-hybridized carbons (Fsp3) is 0.250. The number of carbonyl (C=O) groups is 4. The van der Waals surface area contributed by atoms with Crippen molar-refractivity contribution in [1.82, 2.24) is 10.6 Å². The molecule has 0 aliphatic rings. The molecule has 46 heavy (non-hydrogen) atoms. The molecule has 0 bridgehead atoms. The van der Waals surface area contributed by atoms with Gasteiger partial charge >= 0.3 is 0 Å². The maximum Gasteiger partial charge on any atom is 0.258 e. The Labute approximate surface area is 268 Å². The van der Waals surface area contributed by atoms with E-state index in [1.807, 2.05) is 48.3 Å². The van der Waals surface area contributed by atoms with Gasteiger partial charge in [0.2, 0.25) is 5.91 Å². The van der Waals surface area contributed by atoms with Gasteiger partial charge in [0.05, 0.1) is 42.2 Å². The molecule has 4 aromatic carbocycles. The number of fused-ring (bicyclic) bond motifs is 1. The van der Waals surface area contributed by atoms with Crippen LogP contribution in [0.4, 0.5) is 11.4 Å². The summed E-state index contributed by atoms with van der Waals surface area (Å²) in [6.45, 7) is 3.70. The number of hydrogen-bond acceptors (Lipinski definition) is 8. The van der Waals surface area contributed by atoms with E-state index in [1.54, 1.807) is 46.2 Å². The number of likely N-dealkylation sites (N-methyl/N-ethyl adjacent to an activating group) is 1. The Bertz CT molecular complexity index is 1780. The zero-order chi connectivity index (χ0) is 33.4. The first kappa shape index (κ1) is 33.4. The standard InChI is InChI=1S/C36H37N5O5/c1-23(38-3)35(44)39-31(22-43)24(2)41(36(45)28-13-10-25(21-42)11-14-28)33-18-26(19-37)12-16-32(33)40(4)20-30-29-9-7-6-8-27(29)15-17-34(30)46-5/h6-18,21-24,31,38H,20H2,1-5H3,(H,39,44)/t23-,24-,31?/m0/s1. The number of nitriles is 1. The summed E-state index contributed by atoms with van der Waals surface area (Å²) >= 11 is 0. The van der Waals surface area contributed by atoms with Gasteiger partial charge < -0.3 is 30.0 Å². The monoisotopic (exact) mass is 619 g/mol. The van der Waals surface area contributed by atoms with Gasteiger partial charge in [0, 0.05) is 30.3 Å². The fourth-order valence-electron chi connectivity index (χ4n) is 5.31. The van der Waals surface area contributed by atoms with Crippen LogP contribution in [0.25, 0.3) is 10.8 Å². The van der Waals surface area contributed by atoms with Gasteiger partial charge in [-0.2, -0.15) is 5.26 Å². The Balaban J connectivity index is 1.87. The van der Waals surface area contributed by atoms with Crippen LogP contribution in [0.5, 0.6) is 5.75 Å². The maximum atomic E-state index is 14.4. The van der Waals surface area contributed by atoms with Gasteiger partial charge in [-0.05, 0) is 68.1 Å². The molecular weight excluding hydrogens is 582 g/mol. The molecule has 4 rings (SSSR count). The predicted octanol–water partition coefficient (Wildman–Crippen LogP) is 4.50. The molecule has 0 fully saturated rings. The highest BCUT2D eigenvalue weighted by Gasteiger charge is 2.33. The number of carbonyl (C=O) groups excluding carboxylic acids is 4. The van der Waals surface area contributed by atoms with Crippen LogP contribution < -0.4 is 25.2 Å². The van der Waals surface area contributed by atoms with Gasteiger partial charge in [-0.25, -0.2) is 0 Å². The molecule has 10 nitrogen and oxygen atoms in total. The summed E-state index contributed by atoms with van der Waals surface area (Å²) in [7, 11) is 5.11. The van der Waals surface area contributed by atoms with Crippen LogP contribution in [0, 0.1) is 11.3 Å². The van der Waals surface area contributed by atoms with E-state index >= 15 is 0 Å². The summed E-state index contributed by atoms with van der Waals surface area (Å²) in [5, 5.41) is 17.5. The van der Waals surface area contributed by atoms with E-state index in [1.165, 1.54) is 29.2 Å². The summed E-state index contributed by atoms with van der Waals surface area (Å²) in [5.74, 6) is -0.208. The highest BCUT2D eigenvalue weighted by atomic mass is 16.5. The molecule has 10 heteroatoms. The molecule has 236 valence electrons. The number of benzene rings is 4. The SMILES string of the molecule is CN[C@@H](C)C(=O)NC(C=O)[C@H](C)N(C(=O)c1ccc(C=O)cc1)c1cc(C#N)ccc1N(C)Cc1c(OC)ccc2ccccc12. The zero-order valence-electron chi connectivity index (χ0n) is 26.5. The van der Waals surface area contributed by atoms with Crippen molar-refractivity contribution in [1.29, 1.82) is 5.26 Å². The van der Waals surface area contributed by atoms with E-state index in [9.17, 15) is 24.4 Å². The molecule has 3 atom stereocenters. The molecule has 0 saturated heterocycles. The van der Waals surface area contributed by atoms with Crippen molar-refractivity contribution in [3.63, 3.8) is 0 Å². The summed E-state index contributed by atoms with van der Waals surface area (Å²) in [5.41, 5.74) is 2.83. The minimum absolute atomic E-state index is 0.253. The third-order valence-electron chi connectivity index (χ3n) is 8.11. The Morgan fingerprint density at radius 2 is 1.70 bits per heavy atom. The smallest absolute Gasteiger partial charge is 0.258 e. The molecule has 2 N–H and O–H groups in total. The molecule has 0 radical (unpaired) electrons. The lowest BCUT2D eigenvalue weighted by Crippen LogP contribution is -2.56. The second-order valence-corrected chi connectivity index (χ2v) is 11.0. The largest absolute Gasteiger partial charge is 0.496 e. The van der Waals surface area contributed by atoms with E-state index in [0.717, 1.165) is 16.3 Å². The number of nitrogens with zero attached hydrogens (tertiary/aromatic N) is 3. The lowest BCUT2D eigenvalue weighted by molar-refractivity contribution is -0.125. The van der Waals surface area contributed by atoms with Gasteiger partial charge in [0.1, 0.15) is 24.4 Å². The predicted molar refractivity (Wildman–Crippen MR) is 178 cm³/mol. The van der Waals surface area contributed by atoms with E-state index in [0.29, 0.717) is 47.4 Å². The third-order valence-corrected chi connectivity index (χ3v) is 8.11. The van der Waals surface area contributed by atoms with Gasteiger partial charge in [-0.15, -0.1) is 0 Å². The Kier molecular flexibility index (Phi) is 10.9. The zero-order valence-corrected chi connectivity index (χ0v) is 26.5. The number of aldehydes is 2. The number of ether oxygens (including phenoxy) is 1. The summed E-state index contributed by atoms with van der Waals surface area (Å²) in [6.07, 6.45) is 1.28. The van der Waals surface area contributed by atoms with Crippen molar-refractivity contribution in [2.45, 2.75) is 38.5 Å². The van der Waals surface area contributed by atoms with Gasteiger partial charge in [-0.3, -0.25) is 14.4 Å². The Morgan fingerprint density at radius 3 is 2.33 bits per heavy atom. The minimum Gasteiger partial charge on any atom is -0.496 e. The molecule has 2 amide bonds. The Hall–Kier alpha value is -5.53. The second-order valence-electron chi connectivity index (χ2n) is 11.0. The molecule has 0 aliphatic heterocycles. The van der Waals surface area contributed by atoms with E-state index in [2.05, 4.69) is 16.7 Å². The van der Waals surface area contributed by atoms with E-state index in [-0.39, 0.29) is 5.56 Å². The summed E-state index contributed by atoms with van der Waals surface area (Å²) in [4.78, 5) is 54.3. The van der Waals surface area contributed by atoms with Gasteiger partial charge in [-0.1, -0.05) is 42.5 Å². The van der Waals surface area contributed by atoms with Crippen LogP contribution in [0.1, 0.15) is 45.7 Å². The third kappa shape index (κ3) is 7.06. The van der Waals surface area contributed by atoms with Crippen LogP contribution in [0.3, 0.4) is 0 Å². The number of amides is 2. The number of anilines is 2. The second kappa shape index (κ2) is 15.0.